The highest BCUT2D eigenvalue weighted by atomic mass is 16.5. The molecule has 0 spiro atoms. The van der Waals surface area contributed by atoms with Gasteiger partial charge in [0.2, 0.25) is 5.91 Å². The first-order chi connectivity index (χ1) is 11.1. The van der Waals surface area contributed by atoms with E-state index in [1.54, 1.807) is 32.4 Å². The number of carbonyl (C=O) groups excluding carboxylic acids is 1. The van der Waals surface area contributed by atoms with Crippen molar-refractivity contribution in [3.8, 4) is 11.5 Å². The van der Waals surface area contributed by atoms with Gasteiger partial charge in [-0.05, 0) is 25.0 Å². The zero-order valence-corrected chi connectivity index (χ0v) is 14.5. The predicted octanol–water partition coefficient (Wildman–Crippen LogP) is 2.42. The lowest BCUT2D eigenvalue weighted by molar-refractivity contribution is -0.125. The molecule has 0 aromatic heterocycles. The maximum absolute atomic E-state index is 12.6. The summed E-state index contributed by atoms with van der Waals surface area (Å²) in [6.45, 7) is 5.15. The quantitative estimate of drug-likeness (QED) is 0.646. The number of nitrogens with two attached hydrogens (primary N) is 1. The van der Waals surface area contributed by atoms with Crippen molar-refractivity contribution in [1.29, 1.82) is 0 Å². The lowest BCUT2D eigenvalue weighted by Crippen LogP contribution is -2.41. The minimum absolute atomic E-state index is 0.0713. The number of hydrogen-bond donors (Lipinski definition) is 2. The number of rotatable bonds is 10. The Labute approximate surface area is 138 Å². The lowest BCUT2D eigenvalue weighted by Gasteiger charge is -2.28. The van der Waals surface area contributed by atoms with E-state index in [4.69, 9.17) is 19.9 Å². The van der Waals surface area contributed by atoms with Crippen LogP contribution in [-0.4, -0.2) is 39.9 Å². The summed E-state index contributed by atoms with van der Waals surface area (Å²) < 4.78 is 15.9. The van der Waals surface area contributed by atoms with Crippen LogP contribution in [0.2, 0.25) is 0 Å². The van der Waals surface area contributed by atoms with Gasteiger partial charge in [0.25, 0.3) is 0 Å². The standard InChI is InChI=1S/C17H28N2O4/c1-5-17(6-2,12-18)16(20)19-13-7-8-14(22-4)15(11-13)23-10-9-21-3/h7-8,11H,5-6,9-10,12,18H2,1-4H3,(H,19,20). The van der Waals surface area contributed by atoms with E-state index in [1.807, 2.05) is 13.8 Å². The molecule has 0 bridgehead atoms. The molecule has 0 aliphatic heterocycles. The molecule has 23 heavy (non-hydrogen) atoms. The first kappa shape index (κ1) is 19.3. The molecule has 1 aromatic rings. The van der Waals surface area contributed by atoms with Gasteiger partial charge in [0.05, 0.1) is 19.1 Å². The van der Waals surface area contributed by atoms with Crippen molar-refractivity contribution in [1.82, 2.24) is 0 Å². The Morgan fingerprint density at radius 2 is 1.87 bits per heavy atom. The van der Waals surface area contributed by atoms with Crippen LogP contribution in [0, 0.1) is 5.41 Å². The molecule has 1 amide bonds. The number of hydrogen-bond acceptors (Lipinski definition) is 5. The number of carbonyl (C=O) groups is 1. The molecule has 3 N–H and O–H groups in total. The summed E-state index contributed by atoms with van der Waals surface area (Å²) >= 11 is 0. The molecule has 0 fully saturated rings. The number of amides is 1. The molecule has 0 aliphatic carbocycles. The molecule has 130 valence electrons. The topological polar surface area (TPSA) is 82.8 Å². The molecular weight excluding hydrogens is 296 g/mol. The molecule has 0 aliphatic rings. The van der Waals surface area contributed by atoms with E-state index in [2.05, 4.69) is 5.32 Å². The molecule has 0 radical (unpaired) electrons. The van der Waals surface area contributed by atoms with Gasteiger partial charge in [-0.2, -0.15) is 0 Å². The second kappa shape index (κ2) is 9.37. The zero-order chi connectivity index (χ0) is 17.3. The van der Waals surface area contributed by atoms with Gasteiger partial charge in [-0.15, -0.1) is 0 Å². The van der Waals surface area contributed by atoms with Gasteiger partial charge in [-0.1, -0.05) is 13.8 Å². The van der Waals surface area contributed by atoms with Crippen LogP contribution in [0.25, 0.3) is 0 Å². The molecule has 0 heterocycles. The van der Waals surface area contributed by atoms with Crippen molar-refractivity contribution in [3.63, 3.8) is 0 Å². The highest BCUT2D eigenvalue weighted by molar-refractivity contribution is 5.95. The van der Waals surface area contributed by atoms with Crippen LogP contribution >= 0.6 is 0 Å². The molecule has 1 rings (SSSR count). The third kappa shape index (κ3) is 4.84. The highest BCUT2D eigenvalue weighted by Crippen LogP contribution is 2.32. The summed E-state index contributed by atoms with van der Waals surface area (Å²) in [6, 6.07) is 5.30. The normalized spacial score (nSPS) is 11.2. The number of anilines is 1. The van der Waals surface area contributed by atoms with Gasteiger partial charge >= 0.3 is 0 Å². The van der Waals surface area contributed by atoms with Crippen LogP contribution in [0.4, 0.5) is 5.69 Å². The van der Waals surface area contributed by atoms with Crippen LogP contribution in [0.5, 0.6) is 11.5 Å². The highest BCUT2D eigenvalue weighted by Gasteiger charge is 2.33. The summed E-state index contributed by atoms with van der Waals surface area (Å²) in [7, 11) is 3.18. The molecule has 1 aromatic carbocycles. The van der Waals surface area contributed by atoms with E-state index in [-0.39, 0.29) is 5.91 Å². The van der Waals surface area contributed by atoms with Gasteiger partial charge in [0, 0.05) is 25.4 Å². The molecule has 6 nitrogen and oxygen atoms in total. The fraction of sp³-hybridized carbons (Fsp3) is 0.588. The average Bonchev–Trinajstić information content (AvgIpc) is 2.57. The largest absolute Gasteiger partial charge is 0.493 e. The van der Waals surface area contributed by atoms with Crippen LogP contribution in [0.1, 0.15) is 26.7 Å². The third-order valence-corrected chi connectivity index (χ3v) is 4.19. The van der Waals surface area contributed by atoms with Gasteiger partial charge in [0.15, 0.2) is 11.5 Å². The van der Waals surface area contributed by atoms with Crippen molar-refractivity contribution in [3.05, 3.63) is 18.2 Å². The van der Waals surface area contributed by atoms with Crippen molar-refractivity contribution < 1.29 is 19.0 Å². The average molecular weight is 324 g/mol. The number of methoxy groups -OCH3 is 2. The number of nitrogens with one attached hydrogen (secondary N) is 1. The summed E-state index contributed by atoms with van der Waals surface area (Å²) in [6.07, 6.45) is 1.39. The fourth-order valence-electron chi connectivity index (χ4n) is 2.32. The summed E-state index contributed by atoms with van der Waals surface area (Å²) in [5.74, 6) is 1.10. The Balaban J connectivity index is 2.91. The zero-order valence-electron chi connectivity index (χ0n) is 14.5. The molecule has 6 heteroatoms. The molecule has 0 saturated heterocycles. The predicted molar refractivity (Wildman–Crippen MR) is 91.1 cm³/mol. The van der Waals surface area contributed by atoms with E-state index in [9.17, 15) is 4.79 Å². The van der Waals surface area contributed by atoms with Crippen molar-refractivity contribution in [2.24, 2.45) is 11.1 Å². The van der Waals surface area contributed by atoms with Gasteiger partial charge in [0.1, 0.15) is 6.61 Å². The Morgan fingerprint density at radius 1 is 1.17 bits per heavy atom. The third-order valence-electron chi connectivity index (χ3n) is 4.19. The molecule has 0 unspecified atom stereocenters. The van der Waals surface area contributed by atoms with Crippen LogP contribution < -0.4 is 20.5 Å². The summed E-state index contributed by atoms with van der Waals surface area (Å²) in [4.78, 5) is 12.6. The minimum Gasteiger partial charge on any atom is -0.493 e. The number of benzene rings is 1. The van der Waals surface area contributed by atoms with Crippen molar-refractivity contribution in [2.45, 2.75) is 26.7 Å². The molecule has 0 saturated carbocycles. The maximum Gasteiger partial charge on any atom is 0.231 e. The van der Waals surface area contributed by atoms with Crippen molar-refractivity contribution in [2.75, 3.05) is 39.3 Å². The Morgan fingerprint density at radius 3 is 2.39 bits per heavy atom. The van der Waals surface area contributed by atoms with Gasteiger partial charge in [-0.25, -0.2) is 0 Å². The fourth-order valence-corrected chi connectivity index (χ4v) is 2.32. The van der Waals surface area contributed by atoms with E-state index in [0.717, 1.165) is 0 Å². The van der Waals surface area contributed by atoms with Crippen molar-refractivity contribution >= 4 is 11.6 Å². The Bertz CT molecular complexity index is 493. The number of ether oxygens (including phenoxy) is 3. The van der Waals surface area contributed by atoms with E-state index >= 15 is 0 Å². The van der Waals surface area contributed by atoms with Gasteiger partial charge in [-0.3, -0.25) is 4.79 Å². The second-order valence-corrected chi connectivity index (χ2v) is 5.35. The summed E-state index contributed by atoms with van der Waals surface area (Å²) in [5.41, 5.74) is 5.93. The van der Waals surface area contributed by atoms with Gasteiger partial charge < -0.3 is 25.3 Å². The lowest BCUT2D eigenvalue weighted by atomic mass is 9.81. The first-order valence-electron chi connectivity index (χ1n) is 7.88. The Hall–Kier alpha value is -1.79. The summed E-state index contributed by atoms with van der Waals surface area (Å²) in [5, 5.41) is 2.93. The van der Waals surface area contributed by atoms with Crippen LogP contribution in [0.3, 0.4) is 0 Å². The maximum atomic E-state index is 12.6. The van der Waals surface area contributed by atoms with E-state index in [1.165, 1.54) is 0 Å². The van der Waals surface area contributed by atoms with E-state index in [0.29, 0.717) is 49.8 Å². The van der Waals surface area contributed by atoms with Crippen LogP contribution in [-0.2, 0) is 9.53 Å². The molecule has 0 atom stereocenters. The smallest absolute Gasteiger partial charge is 0.231 e. The first-order valence-corrected chi connectivity index (χ1v) is 7.88. The minimum atomic E-state index is -0.545. The van der Waals surface area contributed by atoms with Crippen LogP contribution in [0.15, 0.2) is 18.2 Å². The Kier molecular flexibility index (Phi) is 7.85. The SMILES string of the molecule is CCC(CC)(CN)C(=O)Nc1ccc(OC)c(OCCOC)c1. The molecular formula is C17H28N2O4. The monoisotopic (exact) mass is 324 g/mol. The van der Waals surface area contributed by atoms with E-state index < -0.39 is 5.41 Å². The second-order valence-electron chi connectivity index (χ2n) is 5.35.